The quantitative estimate of drug-likeness (QED) is 0.363. The standard InChI is InChI=1S/C32H39N5O3S/c1-24(2)21-37(31(40)27-13-11-25(3)12-14-27)22-29(38)34-32-33-28(23-41-32)20-30(39)36-18-16-35(17-19-36)15-7-10-26-8-5-4-6-9-26/h4-14,23-24H,15-22H2,1-3H3,(H,33,34,38). The number of thiazole rings is 1. The van der Waals surface area contributed by atoms with Gasteiger partial charge in [0.05, 0.1) is 12.1 Å². The highest BCUT2D eigenvalue weighted by molar-refractivity contribution is 7.13. The number of aromatic nitrogens is 1. The Morgan fingerprint density at radius 1 is 1.02 bits per heavy atom. The second-order valence-corrected chi connectivity index (χ2v) is 11.7. The molecule has 8 nitrogen and oxygen atoms in total. The highest BCUT2D eigenvalue weighted by atomic mass is 32.1. The molecule has 0 bridgehead atoms. The van der Waals surface area contributed by atoms with Gasteiger partial charge in [-0.1, -0.05) is 74.0 Å². The minimum absolute atomic E-state index is 0.0412. The summed E-state index contributed by atoms with van der Waals surface area (Å²) in [5.41, 5.74) is 3.45. The highest BCUT2D eigenvalue weighted by Gasteiger charge is 2.23. The van der Waals surface area contributed by atoms with Crippen LogP contribution in [0.25, 0.3) is 6.08 Å². The Bertz CT molecular complexity index is 1330. The number of benzene rings is 2. The number of carbonyl (C=O) groups is 3. The number of piperazine rings is 1. The van der Waals surface area contributed by atoms with Crippen molar-refractivity contribution in [2.75, 3.05) is 51.1 Å². The molecule has 2 aromatic carbocycles. The first-order valence-electron chi connectivity index (χ1n) is 14.1. The summed E-state index contributed by atoms with van der Waals surface area (Å²) in [4.78, 5) is 49.1. The lowest BCUT2D eigenvalue weighted by Gasteiger charge is -2.34. The number of carbonyl (C=O) groups excluding carboxylic acids is 3. The van der Waals surface area contributed by atoms with E-state index in [1.54, 1.807) is 17.0 Å². The summed E-state index contributed by atoms with van der Waals surface area (Å²) in [6.45, 7) is 10.3. The van der Waals surface area contributed by atoms with Crippen LogP contribution >= 0.6 is 11.3 Å². The monoisotopic (exact) mass is 573 g/mol. The van der Waals surface area contributed by atoms with E-state index in [2.05, 4.69) is 39.5 Å². The molecule has 3 aromatic rings. The Balaban J connectivity index is 1.23. The molecule has 1 aliphatic rings. The zero-order valence-corrected chi connectivity index (χ0v) is 24.9. The molecule has 0 unspecified atom stereocenters. The van der Waals surface area contributed by atoms with E-state index < -0.39 is 0 Å². The van der Waals surface area contributed by atoms with E-state index in [-0.39, 0.29) is 36.6 Å². The minimum atomic E-state index is -0.309. The number of amides is 3. The number of rotatable bonds is 11. The van der Waals surface area contributed by atoms with Crippen molar-refractivity contribution in [1.29, 1.82) is 0 Å². The van der Waals surface area contributed by atoms with Crippen LogP contribution in [-0.4, -0.2) is 83.2 Å². The molecule has 0 atom stereocenters. The summed E-state index contributed by atoms with van der Waals surface area (Å²) in [5.74, 6) is -0.232. The maximum Gasteiger partial charge on any atom is 0.254 e. The van der Waals surface area contributed by atoms with Crippen LogP contribution in [0.3, 0.4) is 0 Å². The molecule has 0 saturated carbocycles. The molecular weight excluding hydrogens is 534 g/mol. The predicted octanol–water partition coefficient (Wildman–Crippen LogP) is 4.59. The average molecular weight is 574 g/mol. The van der Waals surface area contributed by atoms with Crippen LogP contribution in [0.5, 0.6) is 0 Å². The maximum atomic E-state index is 13.1. The highest BCUT2D eigenvalue weighted by Crippen LogP contribution is 2.18. The predicted molar refractivity (Wildman–Crippen MR) is 165 cm³/mol. The topological polar surface area (TPSA) is 85.8 Å². The molecule has 2 heterocycles. The third-order valence-electron chi connectivity index (χ3n) is 6.83. The molecule has 0 aliphatic carbocycles. The van der Waals surface area contributed by atoms with Crippen LogP contribution in [-0.2, 0) is 16.0 Å². The number of hydrogen-bond acceptors (Lipinski definition) is 6. The third kappa shape index (κ3) is 9.37. The second kappa shape index (κ2) is 14.7. The van der Waals surface area contributed by atoms with Crippen molar-refractivity contribution < 1.29 is 14.4 Å². The Morgan fingerprint density at radius 2 is 1.73 bits per heavy atom. The van der Waals surface area contributed by atoms with Gasteiger partial charge in [0.2, 0.25) is 11.8 Å². The van der Waals surface area contributed by atoms with Crippen LogP contribution in [0.15, 0.2) is 66.1 Å². The van der Waals surface area contributed by atoms with Crippen LogP contribution in [0, 0.1) is 12.8 Å². The van der Waals surface area contributed by atoms with Gasteiger partial charge in [0.25, 0.3) is 5.91 Å². The van der Waals surface area contributed by atoms with E-state index in [0.717, 1.165) is 25.2 Å². The van der Waals surface area contributed by atoms with Crippen molar-refractivity contribution >= 4 is 40.3 Å². The summed E-state index contributed by atoms with van der Waals surface area (Å²) in [7, 11) is 0. The van der Waals surface area contributed by atoms with Crippen LogP contribution in [0.4, 0.5) is 5.13 Å². The van der Waals surface area contributed by atoms with Gasteiger partial charge in [0.1, 0.15) is 6.54 Å². The van der Waals surface area contributed by atoms with Gasteiger partial charge in [-0.2, -0.15) is 0 Å². The molecule has 3 amide bonds. The normalized spacial score (nSPS) is 14.0. The van der Waals surface area contributed by atoms with Gasteiger partial charge in [-0.15, -0.1) is 11.3 Å². The molecule has 1 saturated heterocycles. The lowest BCUT2D eigenvalue weighted by molar-refractivity contribution is -0.132. The van der Waals surface area contributed by atoms with Gasteiger partial charge in [-0.05, 0) is 30.5 Å². The van der Waals surface area contributed by atoms with E-state index in [0.29, 0.717) is 36.0 Å². The van der Waals surface area contributed by atoms with Crippen molar-refractivity contribution in [2.24, 2.45) is 5.92 Å². The summed E-state index contributed by atoms with van der Waals surface area (Å²) in [6.07, 6.45) is 4.49. The Kier molecular flexibility index (Phi) is 10.8. The van der Waals surface area contributed by atoms with Crippen molar-refractivity contribution in [3.63, 3.8) is 0 Å². The smallest absolute Gasteiger partial charge is 0.254 e. The van der Waals surface area contributed by atoms with Crippen LogP contribution in [0.1, 0.15) is 41.0 Å². The van der Waals surface area contributed by atoms with Gasteiger partial charge in [0.15, 0.2) is 5.13 Å². The number of anilines is 1. The molecule has 1 aromatic heterocycles. The molecule has 0 radical (unpaired) electrons. The maximum absolute atomic E-state index is 13.1. The average Bonchev–Trinajstić information content (AvgIpc) is 3.39. The zero-order valence-electron chi connectivity index (χ0n) is 24.1. The summed E-state index contributed by atoms with van der Waals surface area (Å²) >= 11 is 1.29. The molecule has 4 rings (SSSR count). The number of aryl methyl sites for hydroxylation is 1. The SMILES string of the molecule is Cc1ccc(C(=O)N(CC(=O)Nc2nc(CC(=O)N3CCN(CC=Cc4ccccc4)CC3)cs2)CC(C)C)cc1. The Hall–Kier alpha value is -3.82. The van der Waals surface area contributed by atoms with E-state index in [1.807, 2.05) is 61.4 Å². The fourth-order valence-corrected chi connectivity index (χ4v) is 5.39. The van der Waals surface area contributed by atoms with Crippen molar-refractivity contribution in [3.05, 3.63) is 88.4 Å². The molecule has 0 spiro atoms. The zero-order chi connectivity index (χ0) is 29.2. The third-order valence-corrected chi connectivity index (χ3v) is 7.64. The largest absolute Gasteiger partial charge is 0.340 e. The number of nitrogens with zero attached hydrogens (tertiary/aromatic N) is 4. The van der Waals surface area contributed by atoms with Crippen LogP contribution < -0.4 is 5.32 Å². The molecule has 9 heteroatoms. The summed E-state index contributed by atoms with van der Waals surface area (Å²) in [5, 5.41) is 5.05. The summed E-state index contributed by atoms with van der Waals surface area (Å²) in [6, 6.07) is 17.6. The first-order chi connectivity index (χ1) is 19.8. The Morgan fingerprint density at radius 3 is 2.41 bits per heavy atom. The van der Waals surface area contributed by atoms with Crippen molar-refractivity contribution in [2.45, 2.75) is 27.2 Å². The van der Waals surface area contributed by atoms with Crippen molar-refractivity contribution in [1.82, 2.24) is 19.7 Å². The molecular formula is C32H39N5O3S. The molecule has 216 valence electrons. The minimum Gasteiger partial charge on any atom is -0.340 e. The number of hydrogen-bond donors (Lipinski definition) is 1. The summed E-state index contributed by atoms with van der Waals surface area (Å²) < 4.78 is 0. The van der Waals surface area contributed by atoms with E-state index in [1.165, 1.54) is 16.9 Å². The molecule has 1 fully saturated rings. The Labute approximate surface area is 246 Å². The molecule has 41 heavy (non-hydrogen) atoms. The van der Waals surface area contributed by atoms with E-state index in [9.17, 15) is 14.4 Å². The fraction of sp³-hybridized carbons (Fsp3) is 0.375. The fourth-order valence-electron chi connectivity index (χ4n) is 4.67. The van der Waals surface area contributed by atoms with Gasteiger partial charge in [-0.25, -0.2) is 4.98 Å². The number of nitrogens with one attached hydrogen (secondary N) is 1. The van der Waals surface area contributed by atoms with Crippen LogP contribution in [0.2, 0.25) is 0 Å². The van der Waals surface area contributed by atoms with Gasteiger partial charge in [-0.3, -0.25) is 19.3 Å². The lowest BCUT2D eigenvalue weighted by atomic mass is 10.1. The second-order valence-electron chi connectivity index (χ2n) is 10.8. The lowest BCUT2D eigenvalue weighted by Crippen LogP contribution is -2.49. The molecule has 1 aliphatic heterocycles. The van der Waals surface area contributed by atoms with E-state index in [4.69, 9.17) is 0 Å². The van der Waals surface area contributed by atoms with Gasteiger partial charge < -0.3 is 15.1 Å². The van der Waals surface area contributed by atoms with Gasteiger partial charge >= 0.3 is 0 Å². The van der Waals surface area contributed by atoms with Crippen molar-refractivity contribution in [3.8, 4) is 0 Å². The van der Waals surface area contributed by atoms with E-state index >= 15 is 0 Å². The first-order valence-corrected chi connectivity index (χ1v) is 15.0. The molecule has 1 N–H and O–H groups in total. The van der Waals surface area contributed by atoms with Gasteiger partial charge in [0, 0.05) is 50.2 Å². The first kappa shape index (κ1) is 30.1.